The number of halogens is 1. The molecule has 0 aromatic heterocycles. The fourth-order valence-electron chi connectivity index (χ4n) is 2.74. The van der Waals surface area contributed by atoms with Crippen LogP contribution in [-0.4, -0.2) is 24.1 Å². The topological polar surface area (TPSA) is 61.8 Å². The van der Waals surface area contributed by atoms with E-state index in [0.717, 1.165) is 25.2 Å². The molecule has 0 bridgehead atoms. The van der Waals surface area contributed by atoms with Gasteiger partial charge in [0.25, 0.3) is 0 Å². The monoisotopic (exact) mass is 265 g/mol. The van der Waals surface area contributed by atoms with Gasteiger partial charge >= 0.3 is 0 Å². The van der Waals surface area contributed by atoms with Gasteiger partial charge < -0.3 is 15.8 Å². The van der Waals surface area contributed by atoms with E-state index in [9.17, 15) is 4.39 Å². The molecule has 1 aromatic rings. The van der Waals surface area contributed by atoms with Gasteiger partial charge in [-0.3, -0.25) is 0 Å². The maximum atomic E-state index is 13.3. The Labute approximate surface area is 112 Å². The first-order valence-electron chi connectivity index (χ1n) is 6.68. The number of oxime groups is 1. The maximum absolute atomic E-state index is 13.3. The summed E-state index contributed by atoms with van der Waals surface area (Å²) < 4.78 is 13.3. The molecule has 1 atom stereocenters. The van der Waals surface area contributed by atoms with E-state index in [2.05, 4.69) is 17.0 Å². The van der Waals surface area contributed by atoms with Gasteiger partial charge in [-0.25, -0.2) is 4.39 Å². The molecule has 0 radical (unpaired) electrons. The molecule has 1 aromatic carbocycles. The zero-order chi connectivity index (χ0) is 13.8. The van der Waals surface area contributed by atoms with Crippen molar-refractivity contribution in [1.82, 2.24) is 0 Å². The summed E-state index contributed by atoms with van der Waals surface area (Å²) in [5, 5.41) is 11.8. The Morgan fingerprint density at radius 3 is 3.05 bits per heavy atom. The highest BCUT2D eigenvalue weighted by Crippen LogP contribution is 2.29. The molecule has 0 spiro atoms. The Hall–Kier alpha value is -1.78. The number of nitrogens with zero attached hydrogens (tertiary/aromatic N) is 2. The van der Waals surface area contributed by atoms with Crippen LogP contribution in [0.15, 0.2) is 23.4 Å². The van der Waals surface area contributed by atoms with E-state index >= 15 is 0 Å². The van der Waals surface area contributed by atoms with Crippen LogP contribution in [0.5, 0.6) is 0 Å². The smallest absolute Gasteiger partial charge is 0.172 e. The fourth-order valence-corrected chi connectivity index (χ4v) is 2.74. The molecule has 1 aliphatic heterocycles. The lowest BCUT2D eigenvalue weighted by atomic mass is 10.0. The third kappa shape index (κ3) is 2.97. The van der Waals surface area contributed by atoms with Crippen LogP contribution in [0.4, 0.5) is 10.1 Å². The molecule has 5 heteroatoms. The van der Waals surface area contributed by atoms with Gasteiger partial charge in [0.2, 0.25) is 0 Å². The first-order valence-corrected chi connectivity index (χ1v) is 6.68. The summed E-state index contributed by atoms with van der Waals surface area (Å²) in [5.74, 6) is 0.248. The van der Waals surface area contributed by atoms with Crippen molar-refractivity contribution in [3.8, 4) is 0 Å². The number of hydrogen-bond acceptors (Lipinski definition) is 3. The van der Waals surface area contributed by atoms with Crippen LogP contribution in [0.2, 0.25) is 0 Å². The SMILES string of the molecule is CCCC1CCN(c2ccc(F)cc2/C(N)=N/O)C1. The number of rotatable bonds is 4. The standard InChI is InChI=1S/C14H20FN3O/c1-2-3-10-6-7-18(9-10)13-5-4-11(15)8-12(13)14(16)17-19/h4-5,8,10,19H,2-3,6-7,9H2,1H3,(H2,16,17). The summed E-state index contributed by atoms with van der Waals surface area (Å²) in [5.41, 5.74) is 6.93. The number of amidine groups is 1. The highest BCUT2D eigenvalue weighted by molar-refractivity contribution is 6.02. The zero-order valence-electron chi connectivity index (χ0n) is 11.1. The maximum Gasteiger partial charge on any atom is 0.172 e. The molecular weight excluding hydrogens is 245 g/mol. The van der Waals surface area contributed by atoms with Gasteiger partial charge in [-0.1, -0.05) is 18.5 Å². The highest BCUT2D eigenvalue weighted by Gasteiger charge is 2.24. The second-order valence-corrected chi connectivity index (χ2v) is 5.04. The van der Waals surface area contributed by atoms with Crippen LogP contribution in [0.1, 0.15) is 31.7 Å². The molecule has 1 aliphatic rings. The van der Waals surface area contributed by atoms with Crippen molar-refractivity contribution in [2.24, 2.45) is 16.8 Å². The van der Waals surface area contributed by atoms with Crippen molar-refractivity contribution in [2.75, 3.05) is 18.0 Å². The second-order valence-electron chi connectivity index (χ2n) is 5.04. The van der Waals surface area contributed by atoms with Gasteiger partial charge in [-0.05, 0) is 37.0 Å². The number of benzene rings is 1. The second kappa shape index (κ2) is 5.91. The van der Waals surface area contributed by atoms with E-state index in [4.69, 9.17) is 10.9 Å². The van der Waals surface area contributed by atoms with Crippen molar-refractivity contribution in [2.45, 2.75) is 26.2 Å². The predicted molar refractivity (Wildman–Crippen MR) is 74.1 cm³/mol. The first kappa shape index (κ1) is 13.6. The summed E-state index contributed by atoms with van der Waals surface area (Å²) >= 11 is 0. The highest BCUT2D eigenvalue weighted by atomic mass is 19.1. The Morgan fingerprint density at radius 1 is 1.58 bits per heavy atom. The zero-order valence-corrected chi connectivity index (χ0v) is 11.1. The van der Waals surface area contributed by atoms with Gasteiger partial charge in [0.05, 0.1) is 0 Å². The average molecular weight is 265 g/mol. The van der Waals surface area contributed by atoms with E-state index < -0.39 is 0 Å². The average Bonchev–Trinajstić information content (AvgIpc) is 2.86. The van der Waals surface area contributed by atoms with E-state index in [1.807, 2.05) is 0 Å². The molecular formula is C14H20FN3O. The number of anilines is 1. The molecule has 3 N–H and O–H groups in total. The van der Waals surface area contributed by atoms with Gasteiger partial charge in [0, 0.05) is 24.3 Å². The molecule has 2 rings (SSSR count). The van der Waals surface area contributed by atoms with Crippen molar-refractivity contribution in [3.05, 3.63) is 29.6 Å². The normalized spacial score (nSPS) is 20.0. The van der Waals surface area contributed by atoms with Crippen LogP contribution < -0.4 is 10.6 Å². The summed E-state index contributed by atoms with van der Waals surface area (Å²) in [4.78, 5) is 2.19. The summed E-state index contributed by atoms with van der Waals surface area (Å²) in [7, 11) is 0. The fraction of sp³-hybridized carbons (Fsp3) is 0.500. The van der Waals surface area contributed by atoms with Gasteiger partial charge in [-0.15, -0.1) is 0 Å². The van der Waals surface area contributed by atoms with Crippen LogP contribution in [-0.2, 0) is 0 Å². The molecule has 104 valence electrons. The van der Waals surface area contributed by atoms with E-state index in [-0.39, 0.29) is 11.7 Å². The molecule has 1 saturated heterocycles. The molecule has 1 heterocycles. The van der Waals surface area contributed by atoms with Crippen molar-refractivity contribution in [3.63, 3.8) is 0 Å². The molecule has 0 saturated carbocycles. The Bertz CT molecular complexity index is 476. The van der Waals surface area contributed by atoms with Gasteiger partial charge in [0.1, 0.15) is 5.82 Å². The molecule has 4 nitrogen and oxygen atoms in total. The largest absolute Gasteiger partial charge is 0.409 e. The lowest BCUT2D eigenvalue weighted by Crippen LogP contribution is -2.24. The molecule has 0 aliphatic carbocycles. The Kier molecular flexibility index (Phi) is 4.24. The summed E-state index contributed by atoms with van der Waals surface area (Å²) in [6.07, 6.45) is 3.52. The van der Waals surface area contributed by atoms with Gasteiger partial charge in [0.15, 0.2) is 5.84 Å². The molecule has 0 amide bonds. The number of hydrogen-bond donors (Lipinski definition) is 2. The Balaban J connectivity index is 2.25. The molecule has 1 fully saturated rings. The predicted octanol–water partition coefficient (Wildman–Crippen LogP) is 2.55. The van der Waals surface area contributed by atoms with E-state index in [1.54, 1.807) is 6.07 Å². The summed E-state index contributed by atoms with van der Waals surface area (Å²) in [6, 6.07) is 4.44. The van der Waals surface area contributed by atoms with Crippen molar-refractivity contribution >= 4 is 11.5 Å². The molecule has 1 unspecified atom stereocenters. The first-order chi connectivity index (χ1) is 9.15. The quantitative estimate of drug-likeness (QED) is 0.380. The Morgan fingerprint density at radius 2 is 2.37 bits per heavy atom. The van der Waals surface area contributed by atoms with Crippen LogP contribution in [0.25, 0.3) is 0 Å². The van der Waals surface area contributed by atoms with Crippen molar-refractivity contribution < 1.29 is 9.60 Å². The van der Waals surface area contributed by atoms with Crippen LogP contribution >= 0.6 is 0 Å². The van der Waals surface area contributed by atoms with Gasteiger partial charge in [-0.2, -0.15) is 0 Å². The third-order valence-electron chi connectivity index (χ3n) is 3.67. The third-order valence-corrected chi connectivity index (χ3v) is 3.67. The minimum Gasteiger partial charge on any atom is -0.409 e. The minimum absolute atomic E-state index is 0.0477. The number of nitrogens with two attached hydrogens (primary N) is 1. The van der Waals surface area contributed by atoms with Crippen molar-refractivity contribution in [1.29, 1.82) is 0 Å². The van der Waals surface area contributed by atoms with Crippen LogP contribution in [0, 0.1) is 11.7 Å². The van der Waals surface area contributed by atoms with Crippen LogP contribution in [0.3, 0.4) is 0 Å². The lowest BCUT2D eigenvalue weighted by molar-refractivity contribution is 0.318. The molecule has 19 heavy (non-hydrogen) atoms. The van der Waals surface area contributed by atoms with E-state index in [1.165, 1.54) is 25.0 Å². The lowest BCUT2D eigenvalue weighted by Gasteiger charge is -2.21. The summed E-state index contributed by atoms with van der Waals surface area (Å²) in [6.45, 7) is 4.07. The minimum atomic E-state index is -0.380. The van der Waals surface area contributed by atoms with E-state index in [0.29, 0.717) is 11.5 Å².